The quantitative estimate of drug-likeness (QED) is 0.609. The molecule has 12 heavy (non-hydrogen) atoms. The lowest BCUT2D eigenvalue weighted by atomic mass is 10.2. The first-order valence-corrected chi connectivity index (χ1v) is 7.89. The Balaban J connectivity index is 2.39. The molecule has 0 atom stereocenters. The van der Waals surface area contributed by atoms with E-state index in [1.165, 1.54) is 11.1 Å². The number of allylic oxidation sites excluding steroid dienone is 3. The summed E-state index contributed by atoms with van der Waals surface area (Å²) in [5, 5.41) is 0. The third kappa shape index (κ3) is 2.95. The molecule has 0 aromatic carbocycles. The van der Waals surface area contributed by atoms with E-state index in [1.54, 1.807) is 0 Å². The molecule has 68 valence electrons. The molecule has 0 saturated carbocycles. The molecule has 0 spiro atoms. The molecule has 0 aromatic heterocycles. The fourth-order valence-corrected chi connectivity index (χ4v) is 1.74. The van der Waals surface area contributed by atoms with Crippen LogP contribution in [0.2, 0.25) is 19.6 Å². The van der Waals surface area contributed by atoms with Gasteiger partial charge in [0.05, 0.1) is 6.61 Å². The Kier molecular flexibility index (Phi) is 2.91. The Morgan fingerprint density at radius 3 is 2.50 bits per heavy atom. The number of rotatable bonds is 3. The van der Waals surface area contributed by atoms with E-state index in [4.69, 9.17) is 4.43 Å². The largest absolute Gasteiger partial charge is 0.414 e. The molecule has 0 N–H and O–H groups in total. The maximum Gasteiger partial charge on any atom is 0.184 e. The fraction of sp³-hybridized carbons (Fsp3) is 0.600. The Morgan fingerprint density at radius 1 is 1.42 bits per heavy atom. The molecule has 0 bridgehead atoms. The first-order valence-electron chi connectivity index (χ1n) is 4.48. The molecular formula is C10H18OSi. The van der Waals surface area contributed by atoms with Crippen molar-refractivity contribution in [1.29, 1.82) is 0 Å². The van der Waals surface area contributed by atoms with Crippen molar-refractivity contribution in [3.63, 3.8) is 0 Å². The molecule has 1 rings (SSSR count). The van der Waals surface area contributed by atoms with Crippen molar-refractivity contribution in [3.8, 4) is 0 Å². The third-order valence-electron chi connectivity index (χ3n) is 1.97. The van der Waals surface area contributed by atoms with Gasteiger partial charge in [0.25, 0.3) is 0 Å². The van der Waals surface area contributed by atoms with Gasteiger partial charge in [0.1, 0.15) is 0 Å². The predicted molar refractivity (Wildman–Crippen MR) is 55.8 cm³/mol. The Bertz CT molecular complexity index is 220. The molecule has 0 heterocycles. The summed E-state index contributed by atoms with van der Waals surface area (Å²) >= 11 is 0. The summed E-state index contributed by atoms with van der Waals surface area (Å²) in [5.74, 6) is 0. The monoisotopic (exact) mass is 182 g/mol. The summed E-state index contributed by atoms with van der Waals surface area (Å²) in [6.45, 7) is 9.68. The van der Waals surface area contributed by atoms with Crippen LogP contribution in [0.1, 0.15) is 13.3 Å². The average Bonchev–Trinajstić information content (AvgIpc) is 2.29. The van der Waals surface area contributed by atoms with Crippen LogP contribution in [0, 0.1) is 0 Å². The number of hydrogen-bond donors (Lipinski definition) is 0. The minimum atomic E-state index is -1.32. The van der Waals surface area contributed by atoms with E-state index in [2.05, 4.69) is 38.7 Å². The molecule has 0 amide bonds. The van der Waals surface area contributed by atoms with Crippen LogP contribution in [-0.4, -0.2) is 14.9 Å². The molecule has 1 nitrogen and oxygen atoms in total. The van der Waals surface area contributed by atoms with Gasteiger partial charge >= 0.3 is 0 Å². The minimum Gasteiger partial charge on any atom is -0.414 e. The van der Waals surface area contributed by atoms with Gasteiger partial charge in [-0.05, 0) is 44.1 Å². The molecule has 0 fully saturated rings. The molecular weight excluding hydrogens is 164 g/mol. The highest BCUT2D eigenvalue weighted by Crippen LogP contribution is 2.19. The van der Waals surface area contributed by atoms with Crippen molar-refractivity contribution >= 4 is 8.32 Å². The molecule has 0 aliphatic heterocycles. The second-order valence-electron chi connectivity index (χ2n) is 4.29. The Morgan fingerprint density at radius 2 is 2.08 bits per heavy atom. The predicted octanol–water partition coefficient (Wildman–Crippen LogP) is 3.11. The normalized spacial score (nSPS) is 17.7. The third-order valence-corrected chi connectivity index (χ3v) is 2.98. The van der Waals surface area contributed by atoms with Crippen LogP contribution in [-0.2, 0) is 4.43 Å². The maximum atomic E-state index is 5.82. The SMILES string of the molecule is CC1=C(CO[Si](C)(C)C)CC=C1. The van der Waals surface area contributed by atoms with Crippen molar-refractivity contribution in [1.82, 2.24) is 0 Å². The van der Waals surface area contributed by atoms with Crippen molar-refractivity contribution in [2.75, 3.05) is 6.61 Å². The van der Waals surface area contributed by atoms with E-state index >= 15 is 0 Å². The van der Waals surface area contributed by atoms with Gasteiger partial charge in [-0.25, -0.2) is 0 Å². The highest BCUT2D eigenvalue weighted by Gasteiger charge is 2.15. The zero-order valence-electron chi connectivity index (χ0n) is 8.48. The maximum absolute atomic E-state index is 5.82. The van der Waals surface area contributed by atoms with Gasteiger partial charge in [0.15, 0.2) is 8.32 Å². The molecule has 2 heteroatoms. The Labute approximate surface area is 76.3 Å². The van der Waals surface area contributed by atoms with Crippen LogP contribution in [0.25, 0.3) is 0 Å². The summed E-state index contributed by atoms with van der Waals surface area (Å²) in [6.07, 6.45) is 5.48. The summed E-state index contributed by atoms with van der Waals surface area (Å²) in [4.78, 5) is 0. The fourth-order valence-electron chi connectivity index (χ4n) is 1.13. The average molecular weight is 182 g/mol. The second-order valence-corrected chi connectivity index (χ2v) is 8.81. The minimum absolute atomic E-state index is 0.842. The van der Waals surface area contributed by atoms with E-state index in [-0.39, 0.29) is 0 Å². The van der Waals surface area contributed by atoms with Crippen molar-refractivity contribution in [2.45, 2.75) is 33.0 Å². The lowest BCUT2D eigenvalue weighted by molar-refractivity contribution is 0.344. The van der Waals surface area contributed by atoms with Crippen LogP contribution in [0.3, 0.4) is 0 Å². The highest BCUT2D eigenvalue weighted by atomic mass is 28.4. The first-order chi connectivity index (χ1) is 5.49. The van der Waals surface area contributed by atoms with Crippen molar-refractivity contribution in [3.05, 3.63) is 23.3 Å². The van der Waals surface area contributed by atoms with Crippen molar-refractivity contribution in [2.24, 2.45) is 0 Å². The van der Waals surface area contributed by atoms with E-state index in [9.17, 15) is 0 Å². The number of hydrogen-bond acceptors (Lipinski definition) is 1. The van der Waals surface area contributed by atoms with E-state index in [0.29, 0.717) is 0 Å². The van der Waals surface area contributed by atoms with Gasteiger partial charge in [-0.15, -0.1) is 0 Å². The van der Waals surface area contributed by atoms with Crippen LogP contribution in [0.15, 0.2) is 23.3 Å². The zero-order chi connectivity index (χ0) is 9.19. The molecule has 0 unspecified atom stereocenters. The van der Waals surface area contributed by atoms with Gasteiger partial charge in [-0.1, -0.05) is 12.2 Å². The summed E-state index contributed by atoms with van der Waals surface area (Å²) in [6, 6.07) is 0. The van der Waals surface area contributed by atoms with E-state index in [0.717, 1.165) is 13.0 Å². The summed E-state index contributed by atoms with van der Waals surface area (Å²) < 4.78 is 5.82. The van der Waals surface area contributed by atoms with Gasteiger partial charge in [0, 0.05) is 0 Å². The molecule has 0 aromatic rings. The zero-order valence-corrected chi connectivity index (χ0v) is 9.48. The first kappa shape index (κ1) is 9.74. The van der Waals surface area contributed by atoms with Gasteiger partial charge in [-0.2, -0.15) is 0 Å². The lowest BCUT2D eigenvalue weighted by Gasteiger charge is -2.18. The van der Waals surface area contributed by atoms with E-state index < -0.39 is 8.32 Å². The molecule has 1 aliphatic carbocycles. The van der Waals surface area contributed by atoms with Crippen LogP contribution >= 0.6 is 0 Å². The van der Waals surface area contributed by atoms with Crippen LogP contribution in [0.5, 0.6) is 0 Å². The lowest BCUT2D eigenvalue weighted by Crippen LogP contribution is -2.26. The van der Waals surface area contributed by atoms with Crippen molar-refractivity contribution < 1.29 is 4.43 Å². The smallest absolute Gasteiger partial charge is 0.184 e. The van der Waals surface area contributed by atoms with Gasteiger partial charge < -0.3 is 4.43 Å². The van der Waals surface area contributed by atoms with Crippen LogP contribution in [0.4, 0.5) is 0 Å². The van der Waals surface area contributed by atoms with Gasteiger partial charge in [-0.3, -0.25) is 0 Å². The van der Waals surface area contributed by atoms with E-state index in [1.807, 2.05) is 0 Å². The summed E-state index contributed by atoms with van der Waals surface area (Å²) in [5.41, 5.74) is 2.85. The molecule has 0 radical (unpaired) electrons. The Hall–Kier alpha value is -0.343. The van der Waals surface area contributed by atoms with Crippen LogP contribution < -0.4 is 0 Å². The van der Waals surface area contributed by atoms with Gasteiger partial charge in [0.2, 0.25) is 0 Å². The topological polar surface area (TPSA) is 9.23 Å². The summed E-state index contributed by atoms with van der Waals surface area (Å²) in [7, 11) is -1.32. The molecule has 1 aliphatic rings. The standard InChI is InChI=1S/C10H18OSi/c1-9-6-5-7-10(9)8-11-12(2,3)4/h5-6H,7-8H2,1-4H3. The molecule has 0 saturated heterocycles. The second kappa shape index (κ2) is 3.58. The highest BCUT2D eigenvalue weighted by molar-refractivity contribution is 6.69.